The minimum absolute atomic E-state index is 0.201. The van der Waals surface area contributed by atoms with E-state index in [-0.39, 0.29) is 19.2 Å². The Labute approximate surface area is 144 Å². The van der Waals surface area contributed by atoms with Gasteiger partial charge in [-0.3, -0.25) is 9.69 Å². The number of fused-ring (bicyclic) bond motifs is 1. The number of nitrogens with two attached hydrogens (primary N) is 1. The quantitative estimate of drug-likeness (QED) is 0.850. The van der Waals surface area contributed by atoms with E-state index >= 15 is 0 Å². The second-order valence-corrected chi connectivity index (χ2v) is 6.39. The molecule has 1 amide bonds. The highest BCUT2D eigenvalue weighted by Gasteiger charge is 2.26. The summed E-state index contributed by atoms with van der Waals surface area (Å²) in [4.78, 5) is 17.9. The van der Waals surface area contributed by atoms with Gasteiger partial charge in [0.25, 0.3) is 0 Å². The zero-order valence-corrected chi connectivity index (χ0v) is 13.8. The lowest BCUT2D eigenvalue weighted by molar-refractivity contribution is -0.119. The lowest BCUT2D eigenvalue weighted by atomic mass is 10.2. The van der Waals surface area contributed by atoms with Crippen LogP contribution in [-0.2, 0) is 11.3 Å². The van der Waals surface area contributed by atoms with Gasteiger partial charge in [0.2, 0.25) is 24.4 Å². The lowest BCUT2D eigenvalue weighted by Gasteiger charge is -2.25. The average Bonchev–Trinajstić information content (AvgIpc) is 3.34. The number of nitrogens with zero attached hydrogens (tertiary/aromatic N) is 3. The van der Waals surface area contributed by atoms with Crippen molar-refractivity contribution in [2.24, 2.45) is 5.73 Å². The minimum atomic E-state index is -0.345. The van der Waals surface area contributed by atoms with Crippen LogP contribution in [0.15, 0.2) is 22.7 Å². The summed E-state index contributed by atoms with van der Waals surface area (Å²) in [6.07, 6.45) is 4.48. The number of benzene rings is 1. The number of ether oxygens (including phenoxy) is 2. The van der Waals surface area contributed by atoms with Gasteiger partial charge in [0.05, 0.1) is 13.1 Å². The van der Waals surface area contributed by atoms with Crippen LogP contribution in [0.3, 0.4) is 0 Å². The van der Waals surface area contributed by atoms with Gasteiger partial charge in [-0.05, 0) is 31.0 Å². The summed E-state index contributed by atoms with van der Waals surface area (Å²) in [6, 6.07) is 5.86. The molecule has 0 bridgehead atoms. The molecule has 0 unspecified atom stereocenters. The van der Waals surface area contributed by atoms with E-state index in [0.717, 1.165) is 18.4 Å². The summed E-state index contributed by atoms with van der Waals surface area (Å²) in [5, 5.41) is 4.05. The first-order chi connectivity index (χ1) is 12.2. The van der Waals surface area contributed by atoms with E-state index < -0.39 is 0 Å². The van der Waals surface area contributed by atoms with E-state index in [4.69, 9.17) is 19.7 Å². The number of carbonyl (C=O) groups excluding carboxylic acids is 1. The first-order valence-corrected chi connectivity index (χ1v) is 8.44. The third-order valence-corrected chi connectivity index (χ3v) is 4.64. The Morgan fingerprint density at radius 3 is 2.84 bits per heavy atom. The van der Waals surface area contributed by atoms with E-state index in [1.54, 1.807) is 0 Å². The van der Waals surface area contributed by atoms with Crippen molar-refractivity contribution >= 4 is 5.91 Å². The number of aromatic nitrogens is 2. The van der Waals surface area contributed by atoms with Crippen LogP contribution in [0.2, 0.25) is 0 Å². The molecule has 25 heavy (non-hydrogen) atoms. The molecule has 2 N–H and O–H groups in total. The predicted molar refractivity (Wildman–Crippen MR) is 87.7 cm³/mol. The van der Waals surface area contributed by atoms with Crippen LogP contribution in [0.4, 0.5) is 0 Å². The van der Waals surface area contributed by atoms with E-state index in [2.05, 4.69) is 10.1 Å². The molecule has 1 aliphatic heterocycles. The second-order valence-electron chi connectivity index (χ2n) is 6.39. The Hall–Kier alpha value is -2.61. The van der Waals surface area contributed by atoms with E-state index in [9.17, 15) is 4.79 Å². The molecule has 1 saturated carbocycles. The number of hydrogen-bond acceptors (Lipinski definition) is 7. The van der Waals surface area contributed by atoms with Crippen LogP contribution in [0, 0.1) is 0 Å². The first kappa shape index (κ1) is 15.9. The molecule has 1 fully saturated rings. The van der Waals surface area contributed by atoms with Gasteiger partial charge in [-0.15, -0.1) is 0 Å². The topological polar surface area (TPSA) is 104 Å². The van der Waals surface area contributed by atoms with Gasteiger partial charge in [0, 0.05) is 11.6 Å². The zero-order chi connectivity index (χ0) is 17.2. The molecular formula is C17H20N4O4. The van der Waals surface area contributed by atoms with Crippen molar-refractivity contribution in [1.29, 1.82) is 0 Å². The van der Waals surface area contributed by atoms with Crippen LogP contribution < -0.4 is 15.2 Å². The van der Waals surface area contributed by atoms with Gasteiger partial charge >= 0.3 is 0 Å². The fourth-order valence-corrected chi connectivity index (χ4v) is 3.43. The Morgan fingerprint density at radius 1 is 1.24 bits per heavy atom. The van der Waals surface area contributed by atoms with Crippen molar-refractivity contribution in [2.45, 2.75) is 38.3 Å². The van der Waals surface area contributed by atoms with E-state index in [0.29, 0.717) is 35.8 Å². The molecule has 2 aromatic rings. The van der Waals surface area contributed by atoms with E-state index in [1.807, 2.05) is 23.1 Å². The van der Waals surface area contributed by atoms with Crippen LogP contribution in [-0.4, -0.2) is 40.3 Å². The summed E-state index contributed by atoms with van der Waals surface area (Å²) in [6.45, 7) is 0.845. The number of carbonyl (C=O) groups is 1. The van der Waals surface area contributed by atoms with Gasteiger partial charge in [-0.2, -0.15) is 4.98 Å². The molecule has 0 atom stereocenters. The molecule has 1 aromatic heterocycles. The molecule has 1 aliphatic carbocycles. The van der Waals surface area contributed by atoms with Gasteiger partial charge in [-0.1, -0.05) is 18.0 Å². The average molecular weight is 344 g/mol. The third-order valence-electron chi connectivity index (χ3n) is 4.64. The van der Waals surface area contributed by atoms with Crippen LogP contribution >= 0.6 is 0 Å². The molecule has 8 heteroatoms. The van der Waals surface area contributed by atoms with Crippen molar-refractivity contribution in [3.8, 4) is 22.9 Å². The molecule has 0 radical (unpaired) electrons. The summed E-state index contributed by atoms with van der Waals surface area (Å²) in [5.74, 6) is 1.99. The van der Waals surface area contributed by atoms with Crippen LogP contribution in [0.5, 0.6) is 11.5 Å². The standard InChI is InChI=1S/C17H20N4O4/c18-15(22)8-21(12-3-1-2-4-12)9-16-19-17(20-25-16)11-5-6-13-14(7-11)24-10-23-13/h5-7,12H,1-4,8-10H2,(H2,18,22). The van der Waals surface area contributed by atoms with Gasteiger partial charge in [0.15, 0.2) is 11.5 Å². The molecule has 4 rings (SSSR count). The molecule has 2 heterocycles. The van der Waals surface area contributed by atoms with Gasteiger partial charge < -0.3 is 19.7 Å². The molecular weight excluding hydrogens is 324 g/mol. The van der Waals surface area contributed by atoms with Crippen molar-refractivity contribution < 1.29 is 18.8 Å². The lowest BCUT2D eigenvalue weighted by Crippen LogP contribution is -2.39. The largest absolute Gasteiger partial charge is 0.454 e. The Kier molecular flexibility index (Phi) is 4.27. The highest BCUT2D eigenvalue weighted by atomic mass is 16.7. The van der Waals surface area contributed by atoms with Crippen molar-refractivity contribution in [3.63, 3.8) is 0 Å². The maximum absolute atomic E-state index is 11.4. The van der Waals surface area contributed by atoms with E-state index in [1.165, 1.54) is 12.8 Å². The summed E-state index contributed by atoms with van der Waals surface area (Å²) >= 11 is 0. The molecule has 1 aromatic carbocycles. The summed E-state index contributed by atoms with van der Waals surface area (Å²) in [7, 11) is 0. The van der Waals surface area contributed by atoms with Crippen molar-refractivity contribution in [3.05, 3.63) is 24.1 Å². The molecule has 0 spiro atoms. The second kappa shape index (κ2) is 6.72. The number of primary amides is 1. The normalized spacial score (nSPS) is 16.7. The molecule has 132 valence electrons. The SMILES string of the molecule is NC(=O)CN(Cc1nc(-c2ccc3c(c2)OCO3)no1)C1CCCC1. The van der Waals surface area contributed by atoms with Crippen molar-refractivity contribution in [1.82, 2.24) is 15.0 Å². The number of hydrogen-bond donors (Lipinski definition) is 1. The Morgan fingerprint density at radius 2 is 2.04 bits per heavy atom. The smallest absolute Gasteiger partial charge is 0.241 e. The van der Waals surface area contributed by atoms with Crippen LogP contribution in [0.25, 0.3) is 11.4 Å². The molecule has 2 aliphatic rings. The fraction of sp³-hybridized carbons (Fsp3) is 0.471. The Balaban J connectivity index is 1.50. The Bertz CT molecular complexity index is 770. The zero-order valence-electron chi connectivity index (χ0n) is 13.8. The van der Waals surface area contributed by atoms with Gasteiger partial charge in [-0.25, -0.2) is 0 Å². The minimum Gasteiger partial charge on any atom is -0.454 e. The van der Waals surface area contributed by atoms with Crippen LogP contribution in [0.1, 0.15) is 31.6 Å². The summed E-state index contributed by atoms with van der Waals surface area (Å²) < 4.78 is 16.1. The maximum Gasteiger partial charge on any atom is 0.241 e. The fourth-order valence-electron chi connectivity index (χ4n) is 3.43. The third kappa shape index (κ3) is 3.43. The highest BCUT2D eigenvalue weighted by molar-refractivity contribution is 5.76. The van der Waals surface area contributed by atoms with Gasteiger partial charge in [0.1, 0.15) is 0 Å². The highest BCUT2D eigenvalue weighted by Crippen LogP contribution is 2.35. The monoisotopic (exact) mass is 344 g/mol. The molecule has 8 nitrogen and oxygen atoms in total. The van der Waals surface area contributed by atoms with Crippen molar-refractivity contribution in [2.75, 3.05) is 13.3 Å². The summed E-state index contributed by atoms with van der Waals surface area (Å²) in [5.41, 5.74) is 6.18. The predicted octanol–water partition coefficient (Wildman–Crippen LogP) is 1.70. The molecule has 0 saturated heterocycles. The number of amides is 1. The number of rotatable bonds is 6. The first-order valence-electron chi connectivity index (χ1n) is 8.44. The maximum atomic E-state index is 11.4.